The highest BCUT2D eigenvalue weighted by Crippen LogP contribution is 2.19. The second-order valence-electron chi connectivity index (χ2n) is 5.42. The molecule has 3 amide bonds. The Balaban J connectivity index is 2.24. The molecule has 112 valence electrons. The van der Waals surface area contributed by atoms with Gasteiger partial charge in [0.05, 0.1) is 0 Å². The van der Waals surface area contributed by atoms with Gasteiger partial charge < -0.3 is 10.4 Å². The molecular weight excluding hydrogens is 272 g/mol. The summed E-state index contributed by atoms with van der Waals surface area (Å²) in [5, 5.41) is 11.9. The van der Waals surface area contributed by atoms with Crippen molar-refractivity contribution in [3.63, 3.8) is 0 Å². The Morgan fingerprint density at radius 1 is 1.29 bits per heavy atom. The molecule has 1 aromatic rings. The van der Waals surface area contributed by atoms with Crippen LogP contribution in [0.25, 0.3) is 0 Å². The molecule has 0 unspecified atom stereocenters. The fourth-order valence-corrected chi connectivity index (χ4v) is 2.39. The minimum atomic E-state index is -1.19. The molecule has 1 aliphatic heterocycles. The number of nitrogens with zero attached hydrogens (tertiary/aromatic N) is 1. The van der Waals surface area contributed by atoms with E-state index in [0.29, 0.717) is 0 Å². The maximum Gasteiger partial charge on any atom is 0.327 e. The van der Waals surface area contributed by atoms with Crippen LogP contribution >= 0.6 is 0 Å². The fourth-order valence-electron chi connectivity index (χ4n) is 2.39. The van der Waals surface area contributed by atoms with Crippen molar-refractivity contribution < 1.29 is 19.5 Å². The third-order valence-electron chi connectivity index (χ3n) is 3.54. The maximum absolute atomic E-state index is 12.3. The van der Waals surface area contributed by atoms with E-state index >= 15 is 0 Å². The second kappa shape index (κ2) is 5.95. The van der Waals surface area contributed by atoms with Crippen LogP contribution in [0.3, 0.4) is 0 Å². The number of carboxylic acid groups (broad SMARTS) is 1. The molecule has 0 saturated carbocycles. The van der Waals surface area contributed by atoms with Gasteiger partial charge in [-0.3, -0.25) is 4.79 Å². The Morgan fingerprint density at radius 2 is 1.90 bits per heavy atom. The van der Waals surface area contributed by atoms with Crippen LogP contribution in [0.5, 0.6) is 0 Å². The molecule has 6 nitrogen and oxygen atoms in total. The van der Waals surface area contributed by atoms with E-state index in [1.807, 2.05) is 6.07 Å². The minimum Gasteiger partial charge on any atom is -0.480 e. The van der Waals surface area contributed by atoms with Gasteiger partial charge in [0.15, 0.2) is 0 Å². The van der Waals surface area contributed by atoms with Crippen LogP contribution in [0.4, 0.5) is 4.79 Å². The van der Waals surface area contributed by atoms with E-state index in [1.165, 1.54) is 0 Å². The molecular formula is C15H18N2O4. The Bertz CT molecular complexity index is 556. The normalized spacial score (nSPS) is 19.8. The number of carbonyl (C=O) groups excluding carboxylic acids is 2. The summed E-state index contributed by atoms with van der Waals surface area (Å²) in [7, 11) is 0. The quantitative estimate of drug-likeness (QED) is 0.799. The summed E-state index contributed by atoms with van der Waals surface area (Å²) in [6.45, 7) is 3.61. The van der Waals surface area contributed by atoms with Crippen LogP contribution in [0.2, 0.25) is 0 Å². The average Bonchev–Trinajstić information content (AvgIpc) is 2.73. The lowest BCUT2D eigenvalue weighted by Gasteiger charge is -2.22. The van der Waals surface area contributed by atoms with Crippen molar-refractivity contribution in [1.29, 1.82) is 0 Å². The minimum absolute atomic E-state index is 0.0855. The molecule has 0 aromatic heterocycles. The van der Waals surface area contributed by atoms with Gasteiger partial charge in [0.1, 0.15) is 12.1 Å². The van der Waals surface area contributed by atoms with Crippen molar-refractivity contribution in [3.05, 3.63) is 35.9 Å². The zero-order valence-electron chi connectivity index (χ0n) is 11.9. The molecule has 2 atom stereocenters. The predicted molar refractivity (Wildman–Crippen MR) is 75.6 cm³/mol. The molecule has 2 N–H and O–H groups in total. The van der Waals surface area contributed by atoms with Gasteiger partial charge >= 0.3 is 12.0 Å². The van der Waals surface area contributed by atoms with Crippen molar-refractivity contribution >= 4 is 17.9 Å². The van der Waals surface area contributed by atoms with Crippen LogP contribution in [-0.2, 0) is 16.0 Å². The van der Waals surface area contributed by atoms with Gasteiger partial charge in [-0.1, -0.05) is 44.2 Å². The van der Waals surface area contributed by atoms with Crippen molar-refractivity contribution in [2.45, 2.75) is 32.4 Å². The first-order chi connectivity index (χ1) is 9.91. The van der Waals surface area contributed by atoms with Gasteiger partial charge in [-0.05, 0) is 11.5 Å². The van der Waals surface area contributed by atoms with Crippen molar-refractivity contribution in [2.24, 2.45) is 5.92 Å². The van der Waals surface area contributed by atoms with Crippen LogP contribution in [-0.4, -0.2) is 40.0 Å². The summed E-state index contributed by atoms with van der Waals surface area (Å²) in [6, 6.07) is 6.46. The van der Waals surface area contributed by atoms with Crippen LogP contribution < -0.4 is 5.32 Å². The number of carbonyl (C=O) groups is 3. The highest BCUT2D eigenvalue weighted by atomic mass is 16.4. The average molecular weight is 290 g/mol. The van der Waals surface area contributed by atoms with Gasteiger partial charge in [0.25, 0.3) is 5.91 Å². The van der Waals surface area contributed by atoms with Gasteiger partial charge in [0.2, 0.25) is 0 Å². The van der Waals surface area contributed by atoms with E-state index in [-0.39, 0.29) is 12.3 Å². The summed E-state index contributed by atoms with van der Waals surface area (Å²) in [4.78, 5) is 36.6. The number of nitrogens with one attached hydrogen (secondary N) is 1. The molecule has 21 heavy (non-hydrogen) atoms. The van der Waals surface area contributed by atoms with Crippen LogP contribution in [0.15, 0.2) is 30.3 Å². The van der Waals surface area contributed by atoms with Crippen molar-refractivity contribution in [1.82, 2.24) is 10.2 Å². The molecule has 0 bridgehead atoms. The third-order valence-corrected chi connectivity index (χ3v) is 3.54. The number of amides is 3. The number of rotatable bonds is 5. The lowest BCUT2D eigenvalue weighted by Crippen LogP contribution is -2.47. The summed E-state index contributed by atoms with van der Waals surface area (Å²) in [5.41, 5.74) is 0.762. The van der Waals surface area contributed by atoms with Gasteiger partial charge in [-0.2, -0.15) is 0 Å². The van der Waals surface area contributed by atoms with Crippen molar-refractivity contribution in [2.75, 3.05) is 0 Å². The van der Waals surface area contributed by atoms with Crippen LogP contribution in [0, 0.1) is 5.92 Å². The number of hydrogen-bond acceptors (Lipinski definition) is 3. The summed E-state index contributed by atoms with van der Waals surface area (Å²) >= 11 is 0. The first-order valence-electron chi connectivity index (χ1n) is 6.82. The van der Waals surface area contributed by atoms with Crippen molar-refractivity contribution in [3.8, 4) is 0 Å². The smallest absolute Gasteiger partial charge is 0.327 e. The molecule has 1 aromatic carbocycles. The molecule has 1 heterocycles. The van der Waals surface area contributed by atoms with E-state index in [2.05, 4.69) is 5.32 Å². The highest BCUT2D eigenvalue weighted by Gasteiger charge is 2.45. The SMILES string of the molecule is CC(C)[C@@H]1NC(=O)N([C@@H](Cc2ccccc2)C(=O)O)C1=O. The third kappa shape index (κ3) is 3.04. The lowest BCUT2D eigenvalue weighted by molar-refractivity contribution is -0.147. The number of imide groups is 1. The second-order valence-corrected chi connectivity index (χ2v) is 5.42. The molecule has 0 aliphatic carbocycles. The van der Waals surface area contributed by atoms with Gasteiger partial charge in [-0.15, -0.1) is 0 Å². The Labute approximate surface area is 122 Å². The Morgan fingerprint density at radius 3 is 2.38 bits per heavy atom. The zero-order chi connectivity index (χ0) is 15.6. The van der Waals surface area contributed by atoms with E-state index in [9.17, 15) is 19.5 Å². The Hall–Kier alpha value is -2.37. The van der Waals surface area contributed by atoms with Crippen LogP contribution in [0.1, 0.15) is 19.4 Å². The number of benzene rings is 1. The van der Waals surface area contributed by atoms with E-state index in [4.69, 9.17) is 0 Å². The van der Waals surface area contributed by atoms with E-state index in [1.54, 1.807) is 38.1 Å². The number of urea groups is 1. The van der Waals surface area contributed by atoms with Gasteiger partial charge in [0, 0.05) is 6.42 Å². The molecule has 0 radical (unpaired) electrons. The first-order valence-corrected chi connectivity index (χ1v) is 6.82. The number of hydrogen-bond donors (Lipinski definition) is 2. The molecule has 1 aliphatic rings. The largest absolute Gasteiger partial charge is 0.480 e. The monoisotopic (exact) mass is 290 g/mol. The molecule has 1 fully saturated rings. The maximum atomic E-state index is 12.3. The van der Waals surface area contributed by atoms with E-state index < -0.39 is 30.0 Å². The molecule has 1 saturated heterocycles. The first kappa shape index (κ1) is 15.0. The zero-order valence-corrected chi connectivity index (χ0v) is 11.9. The standard InChI is InChI=1S/C15H18N2O4/c1-9(2)12-13(18)17(15(21)16-12)11(14(19)20)8-10-6-4-3-5-7-10/h3-7,9,11-12H,8H2,1-2H3,(H,16,21)(H,19,20)/t11-,12-/m0/s1. The number of carboxylic acids is 1. The fraction of sp³-hybridized carbons (Fsp3) is 0.400. The topological polar surface area (TPSA) is 86.7 Å². The Kier molecular flexibility index (Phi) is 4.26. The lowest BCUT2D eigenvalue weighted by atomic mass is 10.0. The summed E-state index contributed by atoms with van der Waals surface area (Å²) < 4.78 is 0. The summed E-state index contributed by atoms with van der Waals surface area (Å²) in [6.07, 6.45) is 0.0974. The molecule has 6 heteroatoms. The predicted octanol–water partition coefficient (Wildman–Crippen LogP) is 1.26. The highest BCUT2D eigenvalue weighted by molar-refractivity contribution is 6.07. The molecule has 0 spiro atoms. The van der Waals surface area contributed by atoms with E-state index in [0.717, 1.165) is 10.5 Å². The number of aliphatic carboxylic acids is 1. The summed E-state index contributed by atoms with van der Waals surface area (Å²) in [5.74, 6) is -1.75. The molecule has 2 rings (SSSR count). The van der Waals surface area contributed by atoms with Gasteiger partial charge in [-0.25, -0.2) is 14.5 Å².